The SMILES string of the molecule is Cc1cc(C)cc(N(CC(=O)NCCSCc2ccccc2F)S(=O)(=O)c2ccccc2)c1. The maximum Gasteiger partial charge on any atom is 0.264 e. The molecule has 0 radical (unpaired) electrons. The van der Waals surface area contributed by atoms with Crippen LogP contribution in [0.1, 0.15) is 16.7 Å². The molecule has 3 aromatic carbocycles. The number of thioether (sulfide) groups is 1. The standard InChI is InChI=1S/C25H27FN2O3S2/c1-19-14-20(2)16-22(15-19)28(33(30,31)23-9-4-3-5-10-23)17-25(29)27-12-13-32-18-21-8-6-7-11-24(21)26/h3-11,14-16H,12-13,17-18H2,1-2H3,(H,27,29). The van der Waals surface area contributed by atoms with E-state index in [9.17, 15) is 17.6 Å². The number of anilines is 1. The second kappa shape index (κ2) is 11.3. The lowest BCUT2D eigenvalue weighted by atomic mass is 10.1. The van der Waals surface area contributed by atoms with Crippen LogP contribution in [0.3, 0.4) is 0 Å². The molecule has 0 bridgehead atoms. The predicted molar refractivity (Wildman–Crippen MR) is 132 cm³/mol. The molecule has 174 valence electrons. The van der Waals surface area contributed by atoms with Crippen molar-refractivity contribution < 1.29 is 17.6 Å². The molecule has 3 aromatic rings. The van der Waals surface area contributed by atoms with Crippen molar-refractivity contribution in [2.24, 2.45) is 0 Å². The number of benzene rings is 3. The van der Waals surface area contributed by atoms with Gasteiger partial charge in [-0.2, -0.15) is 11.8 Å². The van der Waals surface area contributed by atoms with Crippen LogP contribution in [0, 0.1) is 19.7 Å². The highest BCUT2D eigenvalue weighted by Gasteiger charge is 2.27. The van der Waals surface area contributed by atoms with Gasteiger partial charge < -0.3 is 5.32 Å². The lowest BCUT2D eigenvalue weighted by Gasteiger charge is -2.25. The third-order valence-corrected chi connectivity index (χ3v) is 7.69. The van der Waals surface area contributed by atoms with Crippen molar-refractivity contribution in [3.8, 4) is 0 Å². The smallest absolute Gasteiger partial charge is 0.264 e. The topological polar surface area (TPSA) is 66.5 Å². The number of sulfonamides is 1. The normalized spacial score (nSPS) is 11.2. The van der Waals surface area contributed by atoms with Crippen LogP contribution >= 0.6 is 11.8 Å². The van der Waals surface area contributed by atoms with Gasteiger partial charge in [-0.15, -0.1) is 0 Å². The summed E-state index contributed by atoms with van der Waals surface area (Å²) in [6, 6.07) is 20.1. The largest absolute Gasteiger partial charge is 0.354 e. The molecular formula is C25H27FN2O3S2. The summed E-state index contributed by atoms with van der Waals surface area (Å²) in [7, 11) is -3.93. The molecule has 0 saturated heterocycles. The van der Waals surface area contributed by atoms with Crippen molar-refractivity contribution in [3.63, 3.8) is 0 Å². The van der Waals surface area contributed by atoms with Crippen LogP contribution in [-0.2, 0) is 20.6 Å². The van der Waals surface area contributed by atoms with E-state index < -0.39 is 15.9 Å². The zero-order chi connectivity index (χ0) is 23.8. The highest BCUT2D eigenvalue weighted by molar-refractivity contribution is 7.98. The molecule has 3 rings (SSSR count). The van der Waals surface area contributed by atoms with Crippen LogP contribution in [0.2, 0.25) is 0 Å². The van der Waals surface area contributed by atoms with Crippen LogP contribution in [0.15, 0.2) is 77.7 Å². The fraction of sp³-hybridized carbons (Fsp3) is 0.240. The first kappa shape index (κ1) is 24.8. The second-order valence-corrected chi connectivity index (χ2v) is 10.6. The van der Waals surface area contributed by atoms with E-state index in [-0.39, 0.29) is 17.3 Å². The Balaban J connectivity index is 1.67. The van der Waals surface area contributed by atoms with Gasteiger partial charge in [0.1, 0.15) is 12.4 Å². The molecule has 8 heteroatoms. The van der Waals surface area contributed by atoms with Crippen molar-refractivity contribution in [3.05, 3.63) is 95.3 Å². The zero-order valence-electron chi connectivity index (χ0n) is 18.6. The maximum absolute atomic E-state index is 13.7. The lowest BCUT2D eigenvalue weighted by Crippen LogP contribution is -2.41. The van der Waals surface area contributed by atoms with Crippen LogP contribution in [0.5, 0.6) is 0 Å². The zero-order valence-corrected chi connectivity index (χ0v) is 20.3. The summed E-state index contributed by atoms with van der Waals surface area (Å²) in [6.45, 7) is 3.79. The van der Waals surface area contributed by atoms with Crippen LogP contribution in [0.4, 0.5) is 10.1 Å². The Labute approximate surface area is 199 Å². The van der Waals surface area contributed by atoms with Crippen LogP contribution in [-0.4, -0.2) is 33.2 Å². The van der Waals surface area contributed by atoms with Crippen LogP contribution < -0.4 is 9.62 Å². The summed E-state index contributed by atoms with van der Waals surface area (Å²) in [4.78, 5) is 12.8. The van der Waals surface area contributed by atoms with E-state index >= 15 is 0 Å². The number of amides is 1. The minimum Gasteiger partial charge on any atom is -0.354 e. The molecule has 0 aliphatic heterocycles. The number of aryl methyl sites for hydroxylation is 2. The number of rotatable bonds is 10. The number of hydrogen-bond donors (Lipinski definition) is 1. The molecule has 0 heterocycles. The lowest BCUT2D eigenvalue weighted by molar-refractivity contribution is -0.119. The molecule has 0 saturated carbocycles. The fourth-order valence-electron chi connectivity index (χ4n) is 3.38. The highest BCUT2D eigenvalue weighted by Crippen LogP contribution is 2.25. The summed E-state index contributed by atoms with van der Waals surface area (Å²) in [5.41, 5.74) is 2.87. The summed E-state index contributed by atoms with van der Waals surface area (Å²) in [6.07, 6.45) is 0. The summed E-state index contributed by atoms with van der Waals surface area (Å²) in [5.74, 6) is 0.429. The van der Waals surface area contributed by atoms with Gasteiger partial charge in [0.15, 0.2) is 0 Å². The van der Waals surface area contributed by atoms with Crippen molar-refractivity contribution in [1.82, 2.24) is 5.32 Å². The van der Waals surface area contributed by atoms with Crippen molar-refractivity contribution in [2.75, 3.05) is 23.1 Å². The molecule has 1 N–H and O–H groups in total. The van der Waals surface area contributed by atoms with Gasteiger partial charge in [-0.05, 0) is 60.9 Å². The molecule has 0 atom stereocenters. The number of carbonyl (C=O) groups is 1. The van der Waals surface area contributed by atoms with E-state index in [0.717, 1.165) is 15.4 Å². The molecule has 1 amide bonds. The Morgan fingerprint density at radius 1 is 0.970 bits per heavy atom. The summed E-state index contributed by atoms with van der Waals surface area (Å²) >= 11 is 1.50. The van der Waals surface area contributed by atoms with E-state index in [1.54, 1.807) is 48.5 Å². The van der Waals surface area contributed by atoms with E-state index in [1.807, 2.05) is 19.9 Å². The van der Waals surface area contributed by atoms with E-state index in [0.29, 0.717) is 29.3 Å². The number of hydrogen-bond acceptors (Lipinski definition) is 4. The Bertz CT molecular complexity index is 1180. The van der Waals surface area contributed by atoms with Crippen molar-refractivity contribution >= 4 is 33.4 Å². The monoisotopic (exact) mass is 486 g/mol. The van der Waals surface area contributed by atoms with Gasteiger partial charge in [-0.25, -0.2) is 12.8 Å². The van der Waals surface area contributed by atoms with Gasteiger partial charge >= 0.3 is 0 Å². The van der Waals surface area contributed by atoms with Crippen LogP contribution in [0.25, 0.3) is 0 Å². The van der Waals surface area contributed by atoms with Gasteiger partial charge in [0.05, 0.1) is 10.6 Å². The molecule has 0 aromatic heterocycles. The molecule has 0 unspecified atom stereocenters. The maximum atomic E-state index is 13.7. The van der Waals surface area contributed by atoms with Crippen molar-refractivity contribution in [2.45, 2.75) is 24.5 Å². The second-order valence-electron chi connectivity index (χ2n) is 7.66. The predicted octanol–water partition coefficient (Wildman–Crippen LogP) is 4.69. The highest BCUT2D eigenvalue weighted by atomic mass is 32.2. The number of halogens is 1. The van der Waals surface area contributed by atoms with Gasteiger partial charge in [-0.3, -0.25) is 9.10 Å². The number of nitrogens with one attached hydrogen (secondary N) is 1. The summed E-state index contributed by atoms with van der Waals surface area (Å²) < 4.78 is 41.6. The van der Waals surface area contributed by atoms with E-state index in [1.165, 1.54) is 30.0 Å². The first-order valence-corrected chi connectivity index (χ1v) is 13.1. The first-order valence-electron chi connectivity index (χ1n) is 10.5. The first-order chi connectivity index (χ1) is 15.8. The van der Waals surface area contributed by atoms with Crippen molar-refractivity contribution in [1.29, 1.82) is 0 Å². The molecule has 0 fully saturated rings. The van der Waals surface area contributed by atoms with Gasteiger partial charge in [0, 0.05) is 18.1 Å². The average molecular weight is 487 g/mol. The van der Waals surface area contributed by atoms with E-state index in [4.69, 9.17) is 0 Å². The third-order valence-electron chi connectivity index (χ3n) is 4.90. The molecule has 5 nitrogen and oxygen atoms in total. The van der Waals surface area contributed by atoms with Gasteiger partial charge in [0.25, 0.3) is 10.0 Å². The van der Waals surface area contributed by atoms with Gasteiger partial charge in [-0.1, -0.05) is 42.5 Å². The third kappa shape index (κ3) is 6.82. The minimum atomic E-state index is -3.93. The molecule has 0 spiro atoms. The number of nitrogens with zero attached hydrogens (tertiary/aromatic N) is 1. The quantitative estimate of drug-likeness (QED) is 0.423. The Morgan fingerprint density at radius 2 is 1.61 bits per heavy atom. The Kier molecular flexibility index (Phi) is 8.52. The molecule has 33 heavy (non-hydrogen) atoms. The molecule has 0 aliphatic carbocycles. The average Bonchev–Trinajstić information content (AvgIpc) is 2.78. The Morgan fingerprint density at radius 3 is 2.27 bits per heavy atom. The molecule has 0 aliphatic rings. The summed E-state index contributed by atoms with van der Waals surface area (Å²) in [5, 5.41) is 2.78. The Hall–Kier alpha value is -2.84. The van der Waals surface area contributed by atoms with Gasteiger partial charge in [0.2, 0.25) is 5.91 Å². The minimum absolute atomic E-state index is 0.123. The molecular weight excluding hydrogens is 459 g/mol. The fourth-order valence-corrected chi connectivity index (χ4v) is 5.65. The number of carbonyl (C=O) groups excluding carboxylic acids is 1. The van der Waals surface area contributed by atoms with E-state index in [2.05, 4.69) is 5.32 Å².